The first-order valence-corrected chi connectivity index (χ1v) is 8.87. The SMILES string of the molecule is CC(C)(C)SCC(=O)N1CCC[C@H]1C(=O)Nc1nccs1. The summed E-state index contributed by atoms with van der Waals surface area (Å²) in [5.74, 6) is 0.341. The summed E-state index contributed by atoms with van der Waals surface area (Å²) >= 11 is 3.00. The number of carbonyl (C=O) groups is 2. The zero-order chi connectivity index (χ0) is 15.5. The molecule has 1 saturated heterocycles. The third kappa shape index (κ3) is 4.71. The van der Waals surface area contributed by atoms with Crippen molar-refractivity contribution in [2.75, 3.05) is 17.6 Å². The van der Waals surface area contributed by atoms with Gasteiger partial charge in [0.05, 0.1) is 5.75 Å². The van der Waals surface area contributed by atoms with Gasteiger partial charge in [0.2, 0.25) is 11.8 Å². The Morgan fingerprint density at radius 1 is 1.52 bits per heavy atom. The Morgan fingerprint density at radius 3 is 2.90 bits per heavy atom. The predicted octanol–water partition coefficient (Wildman–Crippen LogP) is 2.60. The second kappa shape index (κ2) is 6.79. The molecule has 5 nitrogen and oxygen atoms in total. The third-order valence-electron chi connectivity index (χ3n) is 3.17. The molecule has 0 spiro atoms. The van der Waals surface area contributed by atoms with Gasteiger partial charge in [-0.2, -0.15) is 0 Å². The van der Waals surface area contributed by atoms with E-state index in [0.717, 1.165) is 12.8 Å². The third-order valence-corrected chi connectivity index (χ3v) is 5.11. The van der Waals surface area contributed by atoms with Crippen LogP contribution in [0.5, 0.6) is 0 Å². The number of carbonyl (C=O) groups excluding carboxylic acids is 2. The number of thiazole rings is 1. The number of thioether (sulfide) groups is 1. The van der Waals surface area contributed by atoms with Crippen molar-refractivity contribution in [2.24, 2.45) is 0 Å². The van der Waals surface area contributed by atoms with Crippen LogP contribution < -0.4 is 5.32 Å². The monoisotopic (exact) mass is 327 g/mol. The van der Waals surface area contributed by atoms with Crippen molar-refractivity contribution in [3.63, 3.8) is 0 Å². The Hall–Kier alpha value is -1.08. The number of rotatable bonds is 4. The Kier molecular flexibility index (Phi) is 5.27. The lowest BCUT2D eigenvalue weighted by atomic mass is 10.2. The minimum absolute atomic E-state index is 0.0479. The fourth-order valence-corrected chi connectivity index (χ4v) is 3.43. The summed E-state index contributed by atoms with van der Waals surface area (Å²) in [7, 11) is 0. The van der Waals surface area contributed by atoms with Crippen molar-refractivity contribution >= 4 is 40.0 Å². The number of anilines is 1. The van der Waals surface area contributed by atoms with Crippen molar-refractivity contribution in [2.45, 2.75) is 44.4 Å². The van der Waals surface area contributed by atoms with Gasteiger partial charge < -0.3 is 10.2 Å². The lowest BCUT2D eigenvalue weighted by Crippen LogP contribution is -2.44. The van der Waals surface area contributed by atoms with E-state index in [-0.39, 0.29) is 22.6 Å². The molecule has 0 radical (unpaired) electrons. The van der Waals surface area contributed by atoms with Gasteiger partial charge in [0, 0.05) is 22.9 Å². The van der Waals surface area contributed by atoms with Crippen LogP contribution in [0.15, 0.2) is 11.6 Å². The molecule has 1 N–H and O–H groups in total. The Balaban J connectivity index is 1.93. The van der Waals surface area contributed by atoms with Crippen molar-refractivity contribution < 1.29 is 9.59 Å². The molecule has 0 unspecified atom stereocenters. The molecule has 1 atom stereocenters. The largest absolute Gasteiger partial charge is 0.330 e. The van der Waals surface area contributed by atoms with E-state index in [1.54, 1.807) is 22.9 Å². The molecule has 2 amide bonds. The van der Waals surface area contributed by atoms with Crippen molar-refractivity contribution in [1.82, 2.24) is 9.88 Å². The zero-order valence-corrected chi connectivity index (χ0v) is 14.2. The number of aromatic nitrogens is 1. The van der Waals surface area contributed by atoms with Crippen molar-refractivity contribution in [3.05, 3.63) is 11.6 Å². The minimum Gasteiger partial charge on any atom is -0.330 e. The minimum atomic E-state index is -0.359. The smallest absolute Gasteiger partial charge is 0.248 e. The van der Waals surface area contributed by atoms with Gasteiger partial charge in [-0.05, 0) is 12.8 Å². The van der Waals surface area contributed by atoms with Gasteiger partial charge in [-0.15, -0.1) is 23.1 Å². The van der Waals surface area contributed by atoms with E-state index in [1.165, 1.54) is 11.3 Å². The number of amides is 2. The van der Waals surface area contributed by atoms with Crippen LogP contribution in [0.3, 0.4) is 0 Å². The summed E-state index contributed by atoms with van der Waals surface area (Å²) in [4.78, 5) is 30.4. The highest BCUT2D eigenvalue weighted by Gasteiger charge is 2.34. The molecule has 116 valence electrons. The molecule has 1 aromatic rings. The molecule has 1 aliphatic heterocycles. The molecule has 0 bridgehead atoms. The summed E-state index contributed by atoms with van der Waals surface area (Å²) in [5.41, 5.74) is 0. The van der Waals surface area contributed by atoms with Gasteiger partial charge in [-0.25, -0.2) is 4.98 Å². The summed E-state index contributed by atoms with van der Waals surface area (Å²) in [6, 6.07) is -0.359. The van der Waals surface area contributed by atoms with Crippen LogP contribution in [0.1, 0.15) is 33.6 Å². The molecule has 2 heterocycles. The van der Waals surface area contributed by atoms with Gasteiger partial charge in [0.1, 0.15) is 6.04 Å². The van der Waals surface area contributed by atoms with E-state index in [1.807, 2.05) is 5.38 Å². The predicted molar refractivity (Wildman–Crippen MR) is 87.7 cm³/mol. The maximum atomic E-state index is 12.3. The van der Waals surface area contributed by atoms with E-state index in [4.69, 9.17) is 0 Å². The highest BCUT2D eigenvalue weighted by Crippen LogP contribution is 2.26. The first-order valence-electron chi connectivity index (χ1n) is 7.00. The van der Waals surface area contributed by atoms with Crippen LogP contribution in [0.2, 0.25) is 0 Å². The fraction of sp³-hybridized carbons (Fsp3) is 0.643. The summed E-state index contributed by atoms with van der Waals surface area (Å²) in [6.07, 6.45) is 3.25. The number of nitrogens with one attached hydrogen (secondary N) is 1. The Labute approximate surface area is 133 Å². The molecule has 0 saturated carbocycles. The highest BCUT2D eigenvalue weighted by atomic mass is 32.2. The average Bonchev–Trinajstić information content (AvgIpc) is 3.05. The van der Waals surface area contributed by atoms with E-state index < -0.39 is 0 Å². The average molecular weight is 327 g/mol. The fourth-order valence-electron chi connectivity index (χ4n) is 2.17. The van der Waals surface area contributed by atoms with Crippen LogP contribution in [0, 0.1) is 0 Å². The normalized spacial score (nSPS) is 18.8. The maximum Gasteiger partial charge on any atom is 0.248 e. The van der Waals surface area contributed by atoms with Gasteiger partial charge in [0.15, 0.2) is 5.13 Å². The van der Waals surface area contributed by atoms with Crippen LogP contribution in [-0.2, 0) is 9.59 Å². The van der Waals surface area contributed by atoms with Crippen molar-refractivity contribution in [3.8, 4) is 0 Å². The maximum absolute atomic E-state index is 12.3. The zero-order valence-electron chi connectivity index (χ0n) is 12.6. The van der Waals surface area contributed by atoms with Crippen LogP contribution in [0.4, 0.5) is 5.13 Å². The number of likely N-dealkylation sites (tertiary alicyclic amines) is 1. The second-order valence-electron chi connectivity index (χ2n) is 5.97. The Morgan fingerprint density at radius 2 is 2.29 bits per heavy atom. The van der Waals surface area contributed by atoms with E-state index in [9.17, 15) is 9.59 Å². The molecule has 1 aromatic heterocycles. The first-order chi connectivity index (χ1) is 9.87. The standard InChI is InChI=1S/C14H21N3O2S2/c1-14(2,3)21-9-11(18)17-7-4-5-10(17)12(19)16-13-15-6-8-20-13/h6,8,10H,4-5,7,9H2,1-3H3,(H,15,16,19)/t10-/m0/s1. The second-order valence-corrected chi connectivity index (χ2v) is 8.67. The number of nitrogens with zero attached hydrogens (tertiary/aromatic N) is 2. The molecular formula is C14H21N3O2S2. The van der Waals surface area contributed by atoms with Crippen LogP contribution >= 0.6 is 23.1 Å². The van der Waals surface area contributed by atoms with Gasteiger partial charge in [0.25, 0.3) is 0 Å². The molecule has 2 rings (SSSR count). The van der Waals surface area contributed by atoms with Crippen LogP contribution in [-0.4, -0.2) is 44.8 Å². The molecule has 1 fully saturated rings. The molecule has 21 heavy (non-hydrogen) atoms. The number of hydrogen-bond donors (Lipinski definition) is 1. The highest BCUT2D eigenvalue weighted by molar-refractivity contribution is 8.01. The Bertz CT molecular complexity index is 497. The van der Waals surface area contributed by atoms with E-state index >= 15 is 0 Å². The van der Waals surface area contributed by atoms with Crippen molar-refractivity contribution in [1.29, 1.82) is 0 Å². The van der Waals surface area contributed by atoms with E-state index in [2.05, 4.69) is 31.1 Å². The van der Waals surface area contributed by atoms with E-state index in [0.29, 0.717) is 17.4 Å². The first kappa shape index (κ1) is 16.3. The topological polar surface area (TPSA) is 62.3 Å². The molecular weight excluding hydrogens is 306 g/mol. The summed E-state index contributed by atoms with van der Waals surface area (Å²) in [6.45, 7) is 6.92. The molecule has 7 heteroatoms. The molecule has 0 aliphatic carbocycles. The summed E-state index contributed by atoms with van der Waals surface area (Å²) in [5, 5.41) is 5.19. The lowest BCUT2D eigenvalue weighted by Gasteiger charge is -2.25. The van der Waals surface area contributed by atoms with Gasteiger partial charge in [-0.3, -0.25) is 9.59 Å². The lowest BCUT2D eigenvalue weighted by molar-refractivity contribution is -0.134. The van der Waals surface area contributed by atoms with Gasteiger partial charge in [-0.1, -0.05) is 20.8 Å². The molecule has 1 aliphatic rings. The summed E-state index contributed by atoms with van der Waals surface area (Å²) < 4.78 is 0.0496. The molecule has 0 aromatic carbocycles. The van der Waals surface area contributed by atoms with Gasteiger partial charge >= 0.3 is 0 Å². The number of hydrogen-bond acceptors (Lipinski definition) is 5. The van der Waals surface area contributed by atoms with Crippen LogP contribution in [0.25, 0.3) is 0 Å². The quantitative estimate of drug-likeness (QED) is 0.923.